The van der Waals surface area contributed by atoms with Crippen molar-refractivity contribution < 1.29 is 4.74 Å². The Kier molecular flexibility index (Phi) is 4.18. The Morgan fingerprint density at radius 3 is 2.83 bits per heavy atom. The van der Waals surface area contributed by atoms with Crippen molar-refractivity contribution in [3.8, 4) is 5.75 Å². The molecule has 3 heteroatoms. The number of anilines is 1. The van der Waals surface area contributed by atoms with Crippen LogP contribution in [0.1, 0.15) is 25.5 Å². The third kappa shape index (κ3) is 3.23. The number of ether oxygens (including phenoxy) is 1. The summed E-state index contributed by atoms with van der Waals surface area (Å²) in [4.78, 5) is 4.26. The monoisotopic (exact) mass is 242 g/mol. The second kappa shape index (κ2) is 6.05. The summed E-state index contributed by atoms with van der Waals surface area (Å²) in [5.41, 5.74) is 1.19. The van der Waals surface area contributed by atoms with Crippen molar-refractivity contribution in [1.29, 1.82) is 0 Å². The molecule has 2 rings (SSSR count). The maximum atomic E-state index is 5.50. The summed E-state index contributed by atoms with van der Waals surface area (Å²) in [7, 11) is 0. The van der Waals surface area contributed by atoms with E-state index < -0.39 is 0 Å². The lowest BCUT2D eigenvalue weighted by atomic mass is 10.1. The molecule has 0 fully saturated rings. The fraction of sp³-hybridized carbons (Fsp3) is 0.267. The van der Waals surface area contributed by atoms with Gasteiger partial charge >= 0.3 is 0 Å². The van der Waals surface area contributed by atoms with E-state index in [4.69, 9.17) is 4.74 Å². The molecule has 1 N–H and O–H groups in total. The van der Waals surface area contributed by atoms with Gasteiger partial charge in [-0.25, -0.2) is 4.98 Å². The third-order valence-corrected chi connectivity index (χ3v) is 2.70. The number of aromatic nitrogens is 1. The number of hydrogen-bond donors (Lipinski definition) is 1. The Bertz CT molecular complexity index is 485. The van der Waals surface area contributed by atoms with Crippen LogP contribution in [-0.2, 0) is 0 Å². The standard InChI is InChI=1S/C15H18N2O/c1-3-18-14-8-6-7-13(11-14)12(2)17-15-9-4-5-10-16-15/h4-12H,3H2,1-2H3,(H,16,17). The molecule has 1 aromatic carbocycles. The molecule has 1 atom stereocenters. The Balaban J connectivity index is 2.08. The van der Waals surface area contributed by atoms with E-state index in [2.05, 4.69) is 29.4 Å². The van der Waals surface area contributed by atoms with Crippen LogP contribution in [0.3, 0.4) is 0 Å². The molecule has 0 bridgehead atoms. The van der Waals surface area contributed by atoms with E-state index in [9.17, 15) is 0 Å². The van der Waals surface area contributed by atoms with Gasteiger partial charge in [0, 0.05) is 6.20 Å². The molecule has 18 heavy (non-hydrogen) atoms. The first-order valence-electron chi connectivity index (χ1n) is 6.20. The van der Waals surface area contributed by atoms with E-state index in [1.54, 1.807) is 6.20 Å². The van der Waals surface area contributed by atoms with Crippen molar-refractivity contribution in [1.82, 2.24) is 4.98 Å². The number of nitrogens with zero attached hydrogens (tertiary/aromatic N) is 1. The second-order valence-corrected chi connectivity index (χ2v) is 4.09. The molecule has 0 amide bonds. The summed E-state index contributed by atoms with van der Waals surface area (Å²) in [6.45, 7) is 4.79. The van der Waals surface area contributed by atoms with Gasteiger partial charge in [-0.3, -0.25) is 0 Å². The number of hydrogen-bond acceptors (Lipinski definition) is 3. The van der Waals surface area contributed by atoms with Crippen LogP contribution in [0.15, 0.2) is 48.7 Å². The normalized spacial score (nSPS) is 11.9. The van der Waals surface area contributed by atoms with Gasteiger partial charge in [-0.2, -0.15) is 0 Å². The summed E-state index contributed by atoms with van der Waals surface area (Å²) in [5, 5.41) is 3.36. The molecule has 0 radical (unpaired) electrons. The summed E-state index contributed by atoms with van der Waals surface area (Å²) in [5.74, 6) is 1.79. The zero-order valence-electron chi connectivity index (χ0n) is 10.8. The lowest BCUT2D eigenvalue weighted by Gasteiger charge is -2.15. The number of pyridine rings is 1. The Hall–Kier alpha value is -2.03. The van der Waals surface area contributed by atoms with Crippen molar-refractivity contribution >= 4 is 5.82 Å². The smallest absolute Gasteiger partial charge is 0.126 e. The van der Waals surface area contributed by atoms with Gasteiger partial charge in [-0.05, 0) is 43.7 Å². The fourth-order valence-corrected chi connectivity index (χ4v) is 1.79. The molecule has 1 aromatic heterocycles. The van der Waals surface area contributed by atoms with Crippen molar-refractivity contribution in [3.05, 3.63) is 54.2 Å². The van der Waals surface area contributed by atoms with Gasteiger partial charge in [0.25, 0.3) is 0 Å². The maximum absolute atomic E-state index is 5.50. The second-order valence-electron chi connectivity index (χ2n) is 4.09. The highest BCUT2D eigenvalue weighted by molar-refractivity contribution is 5.39. The third-order valence-electron chi connectivity index (χ3n) is 2.70. The van der Waals surface area contributed by atoms with E-state index >= 15 is 0 Å². The SMILES string of the molecule is CCOc1cccc(C(C)Nc2ccccn2)c1. The first-order valence-corrected chi connectivity index (χ1v) is 6.20. The van der Waals surface area contributed by atoms with Crippen LogP contribution in [0.25, 0.3) is 0 Å². The van der Waals surface area contributed by atoms with Crippen molar-refractivity contribution in [2.24, 2.45) is 0 Å². The molecule has 94 valence electrons. The van der Waals surface area contributed by atoms with Gasteiger partial charge in [0.1, 0.15) is 11.6 Å². The van der Waals surface area contributed by atoms with Crippen LogP contribution in [0.5, 0.6) is 5.75 Å². The molecule has 0 saturated carbocycles. The maximum Gasteiger partial charge on any atom is 0.126 e. The molecule has 0 aliphatic carbocycles. The molecule has 3 nitrogen and oxygen atoms in total. The molecule has 2 aromatic rings. The van der Waals surface area contributed by atoms with E-state index in [1.165, 1.54) is 5.56 Å². The van der Waals surface area contributed by atoms with Crippen molar-refractivity contribution in [2.45, 2.75) is 19.9 Å². The highest BCUT2D eigenvalue weighted by atomic mass is 16.5. The van der Waals surface area contributed by atoms with Gasteiger partial charge in [-0.1, -0.05) is 18.2 Å². The first-order chi connectivity index (χ1) is 8.79. The zero-order valence-corrected chi connectivity index (χ0v) is 10.8. The van der Waals surface area contributed by atoms with Crippen LogP contribution >= 0.6 is 0 Å². The van der Waals surface area contributed by atoms with Crippen molar-refractivity contribution in [3.63, 3.8) is 0 Å². The van der Waals surface area contributed by atoms with Gasteiger partial charge < -0.3 is 10.1 Å². The number of nitrogens with one attached hydrogen (secondary N) is 1. The molecule has 0 aliphatic heterocycles. The summed E-state index contributed by atoms with van der Waals surface area (Å²) < 4.78 is 5.50. The largest absolute Gasteiger partial charge is 0.494 e. The van der Waals surface area contributed by atoms with Crippen LogP contribution < -0.4 is 10.1 Å². The van der Waals surface area contributed by atoms with Gasteiger partial charge in [0.15, 0.2) is 0 Å². The van der Waals surface area contributed by atoms with E-state index in [0.29, 0.717) is 6.61 Å². The van der Waals surface area contributed by atoms with Gasteiger partial charge in [-0.15, -0.1) is 0 Å². The van der Waals surface area contributed by atoms with Crippen LogP contribution in [0.4, 0.5) is 5.82 Å². The average molecular weight is 242 g/mol. The first kappa shape index (κ1) is 12.4. The zero-order chi connectivity index (χ0) is 12.8. The average Bonchev–Trinajstić information content (AvgIpc) is 2.40. The minimum Gasteiger partial charge on any atom is -0.494 e. The quantitative estimate of drug-likeness (QED) is 0.869. The fourth-order valence-electron chi connectivity index (χ4n) is 1.79. The van der Waals surface area contributed by atoms with Gasteiger partial charge in [0.2, 0.25) is 0 Å². The summed E-state index contributed by atoms with van der Waals surface area (Å²) >= 11 is 0. The number of benzene rings is 1. The predicted molar refractivity (Wildman–Crippen MR) is 73.9 cm³/mol. The molecular formula is C15H18N2O. The lowest BCUT2D eigenvalue weighted by Crippen LogP contribution is -2.07. The summed E-state index contributed by atoms with van der Waals surface area (Å²) in [6, 6.07) is 14.2. The highest BCUT2D eigenvalue weighted by Crippen LogP contribution is 2.21. The van der Waals surface area contributed by atoms with E-state index in [0.717, 1.165) is 11.6 Å². The Morgan fingerprint density at radius 2 is 2.11 bits per heavy atom. The van der Waals surface area contributed by atoms with Crippen LogP contribution in [0, 0.1) is 0 Å². The summed E-state index contributed by atoms with van der Waals surface area (Å²) in [6.07, 6.45) is 1.78. The Morgan fingerprint density at radius 1 is 1.22 bits per heavy atom. The van der Waals surface area contributed by atoms with Gasteiger partial charge in [0.05, 0.1) is 12.6 Å². The molecule has 0 saturated heterocycles. The molecule has 1 unspecified atom stereocenters. The number of rotatable bonds is 5. The highest BCUT2D eigenvalue weighted by Gasteiger charge is 2.06. The van der Waals surface area contributed by atoms with Crippen LogP contribution in [0.2, 0.25) is 0 Å². The lowest BCUT2D eigenvalue weighted by molar-refractivity contribution is 0.340. The molecular weight excluding hydrogens is 224 g/mol. The van der Waals surface area contributed by atoms with E-state index in [-0.39, 0.29) is 6.04 Å². The minimum atomic E-state index is 0.195. The van der Waals surface area contributed by atoms with E-state index in [1.807, 2.05) is 37.3 Å². The van der Waals surface area contributed by atoms with Crippen molar-refractivity contribution in [2.75, 3.05) is 11.9 Å². The van der Waals surface area contributed by atoms with Crippen LogP contribution in [-0.4, -0.2) is 11.6 Å². The predicted octanol–water partition coefficient (Wildman–Crippen LogP) is 3.65. The molecule has 0 spiro atoms. The molecule has 0 aliphatic rings. The topological polar surface area (TPSA) is 34.1 Å². The Labute approximate surface area is 108 Å². The molecule has 1 heterocycles. The minimum absolute atomic E-state index is 0.195.